The molecule has 5 nitrogen and oxygen atoms in total. The Hall–Kier alpha value is -1.92. The van der Waals surface area contributed by atoms with Crippen LogP contribution in [0.5, 0.6) is 0 Å². The lowest BCUT2D eigenvalue weighted by atomic mass is 9.96. The van der Waals surface area contributed by atoms with Gasteiger partial charge < -0.3 is 10.2 Å². The molecule has 0 aliphatic carbocycles. The Kier molecular flexibility index (Phi) is 6.04. The van der Waals surface area contributed by atoms with Crippen molar-refractivity contribution >= 4 is 39.9 Å². The molecule has 1 aliphatic rings. The number of benzene rings is 1. The highest BCUT2D eigenvalue weighted by molar-refractivity contribution is 7.13. The number of thiazole rings is 1. The third-order valence-corrected chi connectivity index (χ3v) is 5.43. The number of likely N-dealkylation sites (tertiary alicyclic amines) is 1. The maximum Gasteiger partial charge on any atom is 0.231 e. The van der Waals surface area contributed by atoms with Gasteiger partial charge in [-0.3, -0.25) is 9.59 Å². The quantitative estimate of drug-likeness (QED) is 0.865. The lowest BCUT2D eigenvalue weighted by Gasteiger charge is -2.32. The van der Waals surface area contributed by atoms with Crippen molar-refractivity contribution in [2.75, 3.05) is 18.4 Å². The first kappa shape index (κ1) is 17.9. The van der Waals surface area contributed by atoms with E-state index in [1.54, 1.807) is 11.1 Å². The zero-order valence-corrected chi connectivity index (χ0v) is 15.4. The Morgan fingerprint density at radius 2 is 2.20 bits per heavy atom. The number of hydrogen-bond acceptors (Lipinski definition) is 4. The molecule has 1 fully saturated rings. The number of aromatic nitrogens is 1. The van der Waals surface area contributed by atoms with Gasteiger partial charge in [0.1, 0.15) is 0 Å². The third kappa shape index (κ3) is 4.80. The topological polar surface area (TPSA) is 62.3 Å². The minimum absolute atomic E-state index is 0.0569. The second-order valence-corrected chi connectivity index (χ2v) is 7.40. The molecule has 0 spiro atoms. The number of aryl methyl sites for hydroxylation is 1. The average Bonchev–Trinajstić information content (AvgIpc) is 3.14. The number of carbonyl (C=O) groups is 2. The van der Waals surface area contributed by atoms with Crippen molar-refractivity contribution in [3.05, 3.63) is 46.4 Å². The maximum atomic E-state index is 12.5. The van der Waals surface area contributed by atoms with Crippen LogP contribution in [0.1, 0.15) is 24.8 Å². The predicted octanol–water partition coefficient (Wildman–Crippen LogP) is 3.61. The highest BCUT2D eigenvalue weighted by Gasteiger charge is 2.28. The standard InChI is InChI=1S/C18H20ClN3O2S/c19-15-6-2-1-4-13(15)7-8-16(23)22-10-3-5-14(12-22)17(24)21-18-20-9-11-25-18/h1-2,4,6,9,11,14H,3,5,7-8,10,12H2,(H,20,21,24). The van der Waals surface area contributed by atoms with Crippen LogP contribution in [0.3, 0.4) is 0 Å². The van der Waals surface area contributed by atoms with Gasteiger partial charge in [-0.25, -0.2) is 4.98 Å². The Morgan fingerprint density at radius 3 is 2.96 bits per heavy atom. The van der Waals surface area contributed by atoms with Gasteiger partial charge in [0, 0.05) is 36.1 Å². The van der Waals surface area contributed by atoms with E-state index in [9.17, 15) is 9.59 Å². The Balaban J connectivity index is 1.52. The van der Waals surface area contributed by atoms with Gasteiger partial charge in [0.15, 0.2) is 5.13 Å². The smallest absolute Gasteiger partial charge is 0.231 e. The number of halogens is 1. The molecule has 0 radical (unpaired) electrons. The molecule has 1 saturated heterocycles. The first-order valence-corrected chi connectivity index (χ1v) is 9.61. The third-order valence-electron chi connectivity index (χ3n) is 4.37. The van der Waals surface area contributed by atoms with Crippen LogP contribution in [0, 0.1) is 5.92 Å². The molecule has 2 amide bonds. The summed E-state index contributed by atoms with van der Waals surface area (Å²) in [4.78, 5) is 30.7. The van der Waals surface area contributed by atoms with Crippen molar-refractivity contribution in [1.82, 2.24) is 9.88 Å². The van der Waals surface area contributed by atoms with E-state index in [0.29, 0.717) is 36.1 Å². The largest absolute Gasteiger partial charge is 0.342 e. The number of nitrogens with zero attached hydrogens (tertiary/aromatic N) is 2. The van der Waals surface area contributed by atoms with E-state index >= 15 is 0 Å². The molecule has 7 heteroatoms. The summed E-state index contributed by atoms with van der Waals surface area (Å²) in [7, 11) is 0. The fourth-order valence-corrected chi connectivity index (χ4v) is 3.77. The Labute approximate surface area is 156 Å². The van der Waals surface area contributed by atoms with Crippen molar-refractivity contribution < 1.29 is 9.59 Å². The number of rotatable bonds is 5. The minimum atomic E-state index is -0.179. The van der Waals surface area contributed by atoms with Crippen molar-refractivity contribution in [2.45, 2.75) is 25.7 Å². The Bertz CT molecular complexity index is 736. The lowest BCUT2D eigenvalue weighted by molar-refractivity contribution is -0.134. The first-order valence-electron chi connectivity index (χ1n) is 8.35. The molecular weight excluding hydrogens is 358 g/mol. The van der Waals surface area contributed by atoms with Crippen LogP contribution >= 0.6 is 22.9 Å². The van der Waals surface area contributed by atoms with Crippen molar-refractivity contribution in [3.8, 4) is 0 Å². The van der Waals surface area contributed by atoms with Crippen LogP contribution in [-0.2, 0) is 16.0 Å². The molecule has 132 valence electrons. The van der Waals surface area contributed by atoms with Gasteiger partial charge in [-0.2, -0.15) is 0 Å². The summed E-state index contributed by atoms with van der Waals surface area (Å²) < 4.78 is 0. The molecule has 1 atom stereocenters. The van der Waals surface area contributed by atoms with Crippen LogP contribution in [0.4, 0.5) is 5.13 Å². The zero-order chi connectivity index (χ0) is 17.6. The summed E-state index contributed by atoms with van der Waals surface area (Å²) in [5.74, 6) is -0.160. The fourth-order valence-electron chi connectivity index (χ4n) is 3.01. The molecule has 1 aliphatic heterocycles. The summed E-state index contributed by atoms with van der Waals surface area (Å²) in [6, 6.07) is 7.58. The molecule has 0 bridgehead atoms. The molecule has 3 rings (SSSR count). The van der Waals surface area contributed by atoms with E-state index < -0.39 is 0 Å². The van der Waals surface area contributed by atoms with Gasteiger partial charge in [-0.05, 0) is 30.9 Å². The summed E-state index contributed by atoms with van der Waals surface area (Å²) in [6.07, 6.45) is 4.32. The molecule has 25 heavy (non-hydrogen) atoms. The van der Waals surface area contributed by atoms with E-state index in [0.717, 1.165) is 18.4 Å². The summed E-state index contributed by atoms with van der Waals surface area (Å²) >= 11 is 7.54. The van der Waals surface area contributed by atoms with Gasteiger partial charge in [-0.1, -0.05) is 29.8 Å². The zero-order valence-electron chi connectivity index (χ0n) is 13.8. The van der Waals surface area contributed by atoms with Crippen LogP contribution < -0.4 is 5.32 Å². The van der Waals surface area contributed by atoms with E-state index in [1.807, 2.05) is 29.6 Å². The van der Waals surface area contributed by atoms with Crippen molar-refractivity contribution in [3.63, 3.8) is 0 Å². The molecule has 1 aromatic carbocycles. The van der Waals surface area contributed by atoms with E-state index in [2.05, 4.69) is 10.3 Å². The van der Waals surface area contributed by atoms with E-state index in [-0.39, 0.29) is 17.7 Å². The van der Waals surface area contributed by atoms with Gasteiger partial charge in [-0.15, -0.1) is 11.3 Å². The van der Waals surface area contributed by atoms with Crippen molar-refractivity contribution in [2.24, 2.45) is 5.92 Å². The second-order valence-electron chi connectivity index (χ2n) is 6.10. The number of anilines is 1. The monoisotopic (exact) mass is 377 g/mol. The summed E-state index contributed by atoms with van der Waals surface area (Å²) in [5.41, 5.74) is 0.979. The van der Waals surface area contributed by atoms with Gasteiger partial charge in [0.05, 0.1) is 5.92 Å². The van der Waals surface area contributed by atoms with Crippen molar-refractivity contribution in [1.29, 1.82) is 0 Å². The lowest BCUT2D eigenvalue weighted by Crippen LogP contribution is -2.43. The van der Waals surface area contributed by atoms with E-state index in [1.165, 1.54) is 11.3 Å². The Morgan fingerprint density at radius 1 is 1.36 bits per heavy atom. The maximum absolute atomic E-state index is 12.5. The normalized spacial score (nSPS) is 17.3. The summed E-state index contributed by atoms with van der Waals surface area (Å²) in [5, 5.41) is 5.94. The minimum Gasteiger partial charge on any atom is -0.342 e. The molecule has 2 heterocycles. The van der Waals surface area contributed by atoms with Crippen LogP contribution in [0.25, 0.3) is 0 Å². The van der Waals surface area contributed by atoms with Gasteiger partial charge >= 0.3 is 0 Å². The van der Waals surface area contributed by atoms with E-state index in [4.69, 9.17) is 11.6 Å². The molecule has 2 aromatic rings. The predicted molar refractivity (Wildman–Crippen MR) is 99.8 cm³/mol. The number of hydrogen-bond donors (Lipinski definition) is 1. The molecule has 1 N–H and O–H groups in total. The average molecular weight is 378 g/mol. The number of nitrogens with one attached hydrogen (secondary N) is 1. The van der Waals surface area contributed by atoms with Gasteiger partial charge in [0.2, 0.25) is 11.8 Å². The molecule has 1 unspecified atom stereocenters. The number of piperidine rings is 1. The van der Waals surface area contributed by atoms with Crippen LogP contribution in [0.15, 0.2) is 35.8 Å². The van der Waals surface area contributed by atoms with Crippen LogP contribution in [0.2, 0.25) is 5.02 Å². The first-order chi connectivity index (χ1) is 12.1. The fraction of sp³-hybridized carbons (Fsp3) is 0.389. The number of amides is 2. The highest BCUT2D eigenvalue weighted by Crippen LogP contribution is 2.22. The summed E-state index contributed by atoms with van der Waals surface area (Å²) in [6.45, 7) is 1.18. The van der Waals surface area contributed by atoms with Gasteiger partial charge in [0.25, 0.3) is 0 Å². The SMILES string of the molecule is O=C(Nc1nccs1)C1CCCN(C(=O)CCc2ccccc2Cl)C1. The van der Waals surface area contributed by atoms with Crippen LogP contribution in [-0.4, -0.2) is 34.8 Å². The molecule has 1 aromatic heterocycles. The molecular formula is C18H20ClN3O2S. The number of carbonyl (C=O) groups excluding carboxylic acids is 2. The highest BCUT2D eigenvalue weighted by atomic mass is 35.5. The second kappa shape index (κ2) is 8.45. The molecule has 0 saturated carbocycles.